The summed E-state index contributed by atoms with van der Waals surface area (Å²) in [6.45, 7) is 0. The molecule has 0 spiro atoms. The molecule has 1 radical (unpaired) electrons. The molecule has 2 rings (SSSR count). The van der Waals surface area contributed by atoms with E-state index in [0.29, 0.717) is 0 Å². The quantitative estimate of drug-likeness (QED) is 0.489. The molecule has 0 amide bonds. The molecule has 0 heterocycles. The zero-order valence-corrected chi connectivity index (χ0v) is 11.0. The first-order chi connectivity index (χ1) is 5.36. The molecule has 0 aliphatic heterocycles. The molecule has 0 N–H and O–H groups in total. The van der Waals surface area contributed by atoms with Crippen molar-refractivity contribution in [3.63, 3.8) is 0 Å². The first-order valence-corrected chi connectivity index (χ1v) is 3.99. The monoisotopic (exact) mass is 199 g/mol. The van der Waals surface area contributed by atoms with E-state index in [2.05, 4.69) is 36.9 Å². The van der Waals surface area contributed by atoms with E-state index in [9.17, 15) is 0 Å². The summed E-state index contributed by atoms with van der Waals surface area (Å²) in [7, 11) is 0. The van der Waals surface area contributed by atoms with Gasteiger partial charge in [-0.15, -0.1) is 12.6 Å². The van der Waals surface area contributed by atoms with Crippen molar-refractivity contribution in [2.24, 2.45) is 0 Å². The number of thiol groups is 1. The molecule has 0 unspecified atom stereocenters. The van der Waals surface area contributed by atoms with E-state index in [0.717, 1.165) is 4.90 Å². The molecule has 2 heteroatoms. The number of hydrogen-bond donors (Lipinski definition) is 1. The summed E-state index contributed by atoms with van der Waals surface area (Å²) in [6, 6.07) is 14.4. The topological polar surface area (TPSA) is 0 Å². The average Bonchev–Trinajstić information content (AvgIpc) is 2.04. The number of benzene rings is 2. The standard InChI is InChI=1S/C10H8S.K/c11-10-6-5-8-3-1-2-4-9(8)7-10;/h1-7,11H;. The Kier molecular flexibility index (Phi) is 4.30. The van der Waals surface area contributed by atoms with Crippen LogP contribution in [0.2, 0.25) is 0 Å². The molecule has 0 fully saturated rings. The fraction of sp³-hybridized carbons (Fsp3) is 0. The third-order valence-corrected chi connectivity index (χ3v) is 2.01. The maximum atomic E-state index is 4.26. The molecule has 2 aromatic rings. The summed E-state index contributed by atoms with van der Waals surface area (Å²) in [5.41, 5.74) is 0. The van der Waals surface area contributed by atoms with Crippen molar-refractivity contribution < 1.29 is 0 Å². The Morgan fingerprint density at radius 2 is 1.50 bits per heavy atom. The van der Waals surface area contributed by atoms with Crippen molar-refractivity contribution in [1.29, 1.82) is 0 Å². The molecule has 0 aromatic heterocycles. The largest absolute Gasteiger partial charge is 0.143 e. The Labute approximate surface area is 120 Å². The first-order valence-electron chi connectivity index (χ1n) is 3.54. The third kappa shape index (κ3) is 2.34. The van der Waals surface area contributed by atoms with Crippen molar-refractivity contribution in [3.8, 4) is 0 Å². The van der Waals surface area contributed by atoms with Crippen molar-refractivity contribution >= 4 is 74.8 Å². The summed E-state index contributed by atoms with van der Waals surface area (Å²) >= 11 is 4.26. The molecule has 0 aliphatic carbocycles. The summed E-state index contributed by atoms with van der Waals surface area (Å²) < 4.78 is 0. The predicted octanol–water partition coefficient (Wildman–Crippen LogP) is 2.75. The zero-order chi connectivity index (χ0) is 7.68. The van der Waals surface area contributed by atoms with E-state index in [1.165, 1.54) is 10.8 Å². The van der Waals surface area contributed by atoms with Crippen LogP contribution in [0.4, 0.5) is 0 Å². The Hall–Kier alpha value is 0.686. The predicted molar refractivity (Wildman–Crippen MR) is 57.0 cm³/mol. The summed E-state index contributed by atoms with van der Waals surface area (Å²) in [6.07, 6.45) is 0. The molecule has 12 heavy (non-hydrogen) atoms. The molecule has 2 aromatic carbocycles. The van der Waals surface area contributed by atoms with Gasteiger partial charge in [-0.05, 0) is 22.9 Å². The molecule has 0 nitrogen and oxygen atoms in total. The minimum absolute atomic E-state index is 0. The fourth-order valence-corrected chi connectivity index (χ4v) is 1.39. The zero-order valence-electron chi connectivity index (χ0n) is 6.99. The van der Waals surface area contributed by atoms with Crippen molar-refractivity contribution in [3.05, 3.63) is 42.5 Å². The normalized spacial score (nSPS) is 9.42. The van der Waals surface area contributed by atoms with Gasteiger partial charge < -0.3 is 0 Å². The Bertz CT molecular complexity index is 384. The Morgan fingerprint density at radius 1 is 0.833 bits per heavy atom. The van der Waals surface area contributed by atoms with Gasteiger partial charge in [-0.25, -0.2) is 0 Å². The van der Waals surface area contributed by atoms with E-state index in [1.807, 2.05) is 18.2 Å². The second kappa shape index (κ2) is 4.79. The molecule has 0 atom stereocenters. The molecular formula is C10H8KS. The summed E-state index contributed by atoms with van der Waals surface area (Å²) in [5.74, 6) is 0. The van der Waals surface area contributed by atoms with Crippen LogP contribution in [0.25, 0.3) is 10.8 Å². The van der Waals surface area contributed by atoms with Gasteiger partial charge in [-0.3, -0.25) is 0 Å². The molecule has 0 aliphatic rings. The van der Waals surface area contributed by atoms with Crippen LogP contribution in [0.1, 0.15) is 0 Å². The Morgan fingerprint density at radius 3 is 2.25 bits per heavy atom. The maximum Gasteiger partial charge on any atom is 0.00463 e. The van der Waals surface area contributed by atoms with Gasteiger partial charge >= 0.3 is 0 Å². The SMILES string of the molecule is Sc1ccc2ccccc2c1.[K]. The van der Waals surface area contributed by atoms with Gasteiger partial charge in [-0.1, -0.05) is 30.3 Å². The molecule has 55 valence electrons. The second-order valence-electron chi connectivity index (χ2n) is 2.53. The average molecular weight is 199 g/mol. The van der Waals surface area contributed by atoms with Crippen LogP contribution in [0.15, 0.2) is 47.4 Å². The van der Waals surface area contributed by atoms with Gasteiger partial charge in [-0.2, -0.15) is 0 Å². The van der Waals surface area contributed by atoms with Crippen LogP contribution in [-0.2, 0) is 0 Å². The number of fused-ring (bicyclic) bond motifs is 1. The minimum atomic E-state index is 0. The smallest absolute Gasteiger partial charge is 0.00463 e. The van der Waals surface area contributed by atoms with Gasteiger partial charge in [0.15, 0.2) is 0 Å². The van der Waals surface area contributed by atoms with Gasteiger partial charge in [0.25, 0.3) is 0 Å². The van der Waals surface area contributed by atoms with Crippen LogP contribution in [0.3, 0.4) is 0 Å². The van der Waals surface area contributed by atoms with Crippen molar-refractivity contribution in [2.45, 2.75) is 4.90 Å². The van der Waals surface area contributed by atoms with E-state index in [-0.39, 0.29) is 51.4 Å². The van der Waals surface area contributed by atoms with E-state index in [4.69, 9.17) is 0 Å². The number of rotatable bonds is 0. The Balaban J connectivity index is 0.000000720. The van der Waals surface area contributed by atoms with Crippen molar-refractivity contribution in [1.82, 2.24) is 0 Å². The maximum absolute atomic E-state index is 4.26. The van der Waals surface area contributed by atoms with E-state index < -0.39 is 0 Å². The second-order valence-corrected chi connectivity index (χ2v) is 3.05. The summed E-state index contributed by atoms with van der Waals surface area (Å²) in [5, 5.41) is 2.52. The molecular weight excluding hydrogens is 191 g/mol. The molecule has 0 saturated heterocycles. The minimum Gasteiger partial charge on any atom is -0.143 e. The van der Waals surface area contributed by atoms with E-state index >= 15 is 0 Å². The van der Waals surface area contributed by atoms with Crippen LogP contribution in [0.5, 0.6) is 0 Å². The molecule has 0 saturated carbocycles. The van der Waals surface area contributed by atoms with Crippen LogP contribution in [-0.4, -0.2) is 51.4 Å². The first kappa shape index (κ1) is 10.8. The summed E-state index contributed by atoms with van der Waals surface area (Å²) in [4.78, 5) is 1.02. The van der Waals surface area contributed by atoms with Crippen LogP contribution >= 0.6 is 12.6 Å². The van der Waals surface area contributed by atoms with Gasteiger partial charge in [0, 0.05) is 56.3 Å². The van der Waals surface area contributed by atoms with Gasteiger partial charge in [0.1, 0.15) is 0 Å². The van der Waals surface area contributed by atoms with Gasteiger partial charge in [0.05, 0.1) is 0 Å². The van der Waals surface area contributed by atoms with E-state index in [1.54, 1.807) is 0 Å². The van der Waals surface area contributed by atoms with Crippen LogP contribution < -0.4 is 0 Å². The fourth-order valence-electron chi connectivity index (χ4n) is 1.18. The number of hydrogen-bond acceptors (Lipinski definition) is 1. The van der Waals surface area contributed by atoms with Crippen molar-refractivity contribution in [2.75, 3.05) is 0 Å². The molecule has 0 bridgehead atoms. The van der Waals surface area contributed by atoms with Crippen LogP contribution in [0, 0.1) is 0 Å². The van der Waals surface area contributed by atoms with Gasteiger partial charge in [0.2, 0.25) is 0 Å². The third-order valence-electron chi connectivity index (χ3n) is 1.73.